The number of hydrogen-bond acceptors (Lipinski definition) is 28. The fourth-order valence-electron chi connectivity index (χ4n) is 3.87. The molecule has 3 heterocycles. The lowest BCUT2D eigenvalue weighted by Gasteiger charge is -2.16. The summed E-state index contributed by atoms with van der Waals surface area (Å²) >= 11 is 0. The maximum Gasteiger partial charge on any atom is 0.490 e. The first kappa shape index (κ1) is 71.6. The van der Waals surface area contributed by atoms with E-state index in [0.717, 1.165) is 0 Å². The van der Waals surface area contributed by atoms with Gasteiger partial charge in [0.25, 0.3) is 0 Å². The van der Waals surface area contributed by atoms with Crippen molar-refractivity contribution in [3.63, 3.8) is 0 Å². The normalized spacial score (nSPS) is 16.6. The number of fused-ring (bicyclic) bond motifs is 1. The Morgan fingerprint density at radius 3 is 1.10 bits per heavy atom. The van der Waals surface area contributed by atoms with Gasteiger partial charge in [0.05, 0.1) is 79.0 Å². The number of nitrogens with zero attached hydrogens (tertiary/aromatic N) is 4. The van der Waals surface area contributed by atoms with Crippen molar-refractivity contribution in [2.24, 2.45) is 0 Å². The van der Waals surface area contributed by atoms with Gasteiger partial charge in [-0.3, -0.25) is 4.57 Å². The highest BCUT2D eigenvalue weighted by atomic mass is 31.3. The van der Waals surface area contributed by atoms with Crippen molar-refractivity contribution >= 4 is 40.4 Å². The molecule has 0 aliphatic carbocycles. The Kier molecular flexibility index (Phi) is 49.5. The van der Waals surface area contributed by atoms with Crippen molar-refractivity contribution in [2.75, 3.05) is 144 Å². The lowest BCUT2D eigenvalue weighted by molar-refractivity contribution is -0.0511. The van der Waals surface area contributed by atoms with E-state index in [0.29, 0.717) is 76.6 Å². The molecule has 25 N–H and O–H groups in total. The molecule has 1 fully saturated rings. The van der Waals surface area contributed by atoms with Crippen LogP contribution >= 0.6 is 23.5 Å². The average Bonchev–Trinajstić information content (AvgIpc) is 3.81. The Morgan fingerprint density at radius 2 is 0.851 bits per heavy atom. The first-order valence-corrected chi connectivity index (χ1v) is 24.2. The van der Waals surface area contributed by atoms with E-state index in [-0.39, 0.29) is 71.9 Å². The number of rotatable bonds is 26. The second kappa shape index (κ2) is 46.4. The molecule has 37 heteroatoms. The quantitative estimate of drug-likeness (QED) is 0.0307. The van der Waals surface area contributed by atoms with Crippen molar-refractivity contribution in [1.29, 1.82) is 0 Å². The number of hydrogen-bond donors (Lipinski definition) is 24. The fourth-order valence-corrected chi connectivity index (χ4v) is 6.40. The largest absolute Gasteiger partial charge is 0.490 e. The van der Waals surface area contributed by atoms with Gasteiger partial charge in [-0.15, -0.1) is 0 Å². The molecule has 4 atom stereocenters. The molecule has 2 aromatic rings. The number of nitrogen functional groups attached to an aromatic ring is 1. The number of imidazole rings is 1. The molecule has 34 nitrogen and oxygen atoms in total. The van der Waals surface area contributed by atoms with Gasteiger partial charge in [-0.1, -0.05) is 0 Å². The third-order valence-corrected chi connectivity index (χ3v) is 9.84. The van der Waals surface area contributed by atoms with E-state index >= 15 is 0 Å². The fraction of sp³-hybridized carbons (Fsp3) is 0.833. The molecule has 1 aliphatic rings. The summed E-state index contributed by atoms with van der Waals surface area (Å²) in [4.78, 5) is 52.1. The van der Waals surface area contributed by atoms with Crippen LogP contribution in [0.15, 0.2) is 12.7 Å². The molecule has 2 aromatic heterocycles. The highest BCUT2D eigenvalue weighted by Crippen LogP contribution is 2.64. The summed E-state index contributed by atoms with van der Waals surface area (Å²) in [5.41, 5.74) is 6.44. The zero-order valence-corrected chi connectivity index (χ0v) is 39.2. The third kappa shape index (κ3) is 43.7. The summed E-state index contributed by atoms with van der Waals surface area (Å²) in [6.45, 7) is 6.70. The number of aliphatic hydroxyl groups excluding tert-OH is 13. The van der Waals surface area contributed by atoms with Gasteiger partial charge in [0.2, 0.25) is 0 Å². The summed E-state index contributed by atoms with van der Waals surface area (Å²) in [7, 11) is -16.2. The minimum absolute atomic E-state index is 0.139. The van der Waals surface area contributed by atoms with Crippen LogP contribution in [0.4, 0.5) is 5.82 Å². The van der Waals surface area contributed by atoms with Crippen LogP contribution in [0.5, 0.6) is 0 Å². The second-order valence-corrected chi connectivity index (χ2v) is 16.1. The Balaban J connectivity index is -0.000000365. The minimum Gasteiger partial charge on any atom is -0.395 e. The van der Waals surface area contributed by atoms with Gasteiger partial charge in [0.15, 0.2) is 17.7 Å². The number of anilines is 1. The first-order chi connectivity index (χ1) is 31.6. The predicted octanol–water partition coefficient (Wildman–Crippen LogP) is -9.87. The minimum atomic E-state index is -5.46. The van der Waals surface area contributed by atoms with Gasteiger partial charge in [-0.05, 0) is 0 Å². The van der Waals surface area contributed by atoms with Gasteiger partial charge < -0.3 is 128 Å². The van der Waals surface area contributed by atoms with Crippen LogP contribution in [0.1, 0.15) is 6.23 Å². The van der Waals surface area contributed by atoms with Crippen LogP contribution in [0.3, 0.4) is 0 Å². The summed E-state index contributed by atoms with van der Waals surface area (Å²) in [6, 6.07) is 0. The Labute approximate surface area is 385 Å². The average molecular weight is 1050 g/mol. The summed E-state index contributed by atoms with van der Waals surface area (Å²) in [5.74, 6) is 0.218. The summed E-state index contributed by atoms with van der Waals surface area (Å²) in [5, 5.41) is 124. The van der Waals surface area contributed by atoms with Crippen LogP contribution in [0.2, 0.25) is 0 Å². The second-order valence-electron chi connectivity index (χ2n) is 11.9. The number of phosphoric acid groups is 3. The van der Waals surface area contributed by atoms with Crippen molar-refractivity contribution in [2.45, 2.75) is 24.5 Å². The zero-order chi connectivity index (χ0) is 52.2. The van der Waals surface area contributed by atoms with E-state index < -0.39 is 54.6 Å². The monoisotopic (exact) mass is 1050 g/mol. The van der Waals surface area contributed by atoms with Crippen LogP contribution in [-0.2, 0) is 27.1 Å². The number of aliphatic hydroxyl groups is 13. The first-order valence-electron chi connectivity index (χ1n) is 19.7. The highest BCUT2D eigenvalue weighted by Gasteiger charge is 2.44. The van der Waals surface area contributed by atoms with Crippen molar-refractivity contribution in [1.82, 2.24) is 46.1 Å². The van der Waals surface area contributed by atoms with Gasteiger partial charge in [-0.2, -0.15) is 8.62 Å². The van der Waals surface area contributed by atoms with E-state index in [2.05, 4.69) is 50.2 Å². The molecule has 0 radical (unpaired) electrons. The van der Waals surface area contributed by atoms with E-state index in [4.69, 9.17) is 91.1 Å². The molecule has 1 saturated heterocycles. The van der Waals surface area contributed by atoms with E-state index in [1.165, 1.54) is 17.2 Å². The lowest BCUT2D eigenvalue weighted by atomic mass is 10.1. The van der Waals surface area contributed by atoms with E-state index in [9.17, 15) is 23.9 Å². The number of aromatic nitrogens is 4. The van der Waals surface area contributed by atoms with E-state index in [1.807, 2.05) is 0 Å². The standard InChI is InChI=1S/C10H13N5O4.5C4H11NO2.H5O10P3/c11-8-5-9(13-2-12-8)15(3-14-5)10-7(18)6(17)4(1-16)19-10;5*6-3-1-5-2-4-7;1-11(2,3)9-13(7,8)10-12(4,5)6/h2-4,6-7,10,16-18H,1H2,(H2,11,12,13);5*5-7H,1-4H2;(H,7,8)(H2,1,2,3)(H2,4,5,6)/t4-,6-,7-,10-;;;;;;/m1....../s1. The van der Waals surface area contributed by atoms with Gasteiger partial charge in [-0.25, -0.2) is 28.6 Å². The molecule has 0 amide bonds. The van der Waals surface area contributed by atoms with Gasteiger partial charge in [0.1, 0.15) is 30.2 Å². The van der Waals surface area contributed by atoms with Gasteiger partial charge >= 0.3 is 23.5 Å². The van der Waals surface area contributed by atoms with Crippen LogP contribution < -0.4 is 32.3 Å². The number of nitrogens with one attached hydrogen (secondary N) is 5. The van der Waals surface area contributed by atoms with Crippen molar-refractivity contribution in [3.05, 3.63) is 12.7 Å². The molecule has 1 aliphatic heterocycles. The van der Waals surface area contributed by atoms with E-state index in [1.54, 1.807) is 0 Å². The maximum atomic E-state index is 10.4. The summed E-state index contributed by atoms with van der Waals surface area (Å²) in [6.07, 6.45) is -1.42. The topological polar surface area (TPSA) is 573 Å². The molecule has 402 valence electrons. The number of ether oxygens (including phenoxy) is 1. The third-order valence-electron chi connectivity index (χ3n) is 6.48. The van der Waals surface area contributed by atoms with Crippen LogP contribution in [0, 0.1) is 0 Å². The Bertz CT molecular complexity index is 1430. The maximum absolute atomic E-state index is 10.4. The Hall–Kier alpha value is -2.00. The molecule has 0 saturated carbocycles. The molecular weight excluding hydrogens is 977 g/mol. The highest BCUT2D eigenvalue weighted by molar-refractivity contribution is 7.66. The number of nitrogens with two attached hydrogens (primary N) is 1. The Morgan fingerprint density at radius 1 is 0.537 bits per heavy atom. The molecule has 67 heavy (non-hydrogen) atoms. The molecular formula is C30H73N10O24P3. The van der Waals surface area contributed by atoms with Gasteiger partial charge in [0, 0.05) is 65.4 Å². The zero-order valence-electron chi connectivity index (χ0n) is 36.5. The van der Waals surface area contributed by atoms with Crippen molar-refractivity contribution in [3.8, 4) is 0 Å². The molecule has 0 unspecified atom stereocenters. The molecule has 0 bridgehead atoms. The van der Waals surface area contributed by atoms with Crippen LogP contribution in [-0.4, -0.2) is 267 Å². The SMILES string of the molecule is Nc1ncnc2c1ncn2[C@@H]1O[C@H](CO)[C@@H](O)[C@H]1O.O=P(O)(O)OP(=O)(O)OP(=O)(O)O.OCCNCCO.OCCNCCO.OCCNCCO.OCCNCCO.OCCNCCO. The van der Waals surface area contributed by atoms with Crippen molar-refractivity contribution < 1.29 is 118 Å². The lowest BCUT2D eigenvalue weighted by Crippen LogP contribution is -2.33. The predicted molar refractivity (Wildman–Crippen MR) is 234 cm³/mol. The summed E-state index contributed by atoms with van der Waals surface area (Å²) < 4.78 is 43.2. The molecule has 0 aromatic carbocycles. The molecule has 0 spiro atoms. The molecule has 3 rings (SSSR count). The smallest absolute Gasteiger partial charge is 0.395 e. The van der Waals surface area contributed by atoms with Crippen LogP contribution in [0.25, 0.3) is 11.2 Å².